The Hall–Kier alpha value is -2.59. The molecule has 2 saturated carbocycles. The van der Waals surface area contributed by atoms with Gasteiger partial charge < -0.3 is 24.6 Å². The van der Waals surface area contributed by atoms with Crippen molar-refractivity contribution in [3.05, 3.63) is 52.4 Å². The Morgan fingerprint density at radius 1 is 1.17 bits per heavy atom. The van der Waals surface area contributed by atoms with Crippen LogP contribution in [0.25, 0.3) is 0 Å². The topological polar surface area (TPSA) is 86.6 Å². The van der Waals surface area contributed by atoms with Crippen molar-refractivity contribution < 1.29 is 18.7 Å². The van der Waals surface area contributed by atoms with Crippen molar-refractivity contribution in [3.8, 4) is 0 Å². The molecule has 2 unspecified atom stereocenters. The number of hydrogen-bond donors (Lipinski definition) is 3. The highest BCUT2D eigenvalue weighted by Gasteiger charge is 2.42. The SMILES string of the molecule is O=C(Nc1cccn(C2CCC(F)(F)CC2)c1=O)c1ccc(NSCCO)cc1N1CCC2CC2C1. The van der Waals surface area contributed by atoms with Gasteiger partial charge in [-0.1, -0.05) is 11.9 Å². The van der Waals surface area contributed by atoms with Crippen LogP contribution < -0.4 is 20.5 Å². The molecule has 36 heavy (non-hydrogen) atoms. The van der Waals surface area contributed by atoms with Crippen LogP contribution >= 0.6 is 11.9 Å². The number of fused-ring (bicyclic) bond motifs is 1. The lowest BCUT2D eigenvalue weighted by atomic mass is 9.92. The second-order valence-electron chi connectivity index (χ2n) is 10.1. The van der Waals surface area contributed by atoms with E-state index < -0.39 is 5.92 Å². The fraction of sp³-hybridized carbons (Fsp3) is 0.538. The van der Waals surface area contributed by atoms with E-state index >= 15 is 0 Å². The number of halogens is 2. The number of aliphatic hydroxyl groups excluding tert-OH is 1. The Kier molecular flexibility index (Phi) is 7.25. The van der Waals surface area contributed by atoms with E-state index in [-0.39, 0.29) is 55.5 Å². The number of aliphatic hydroxyl groups is 1. The first kappa shape index (κ1) is 25.1. The molecule has 194 valence electrons. The van der Waals surface area contributed by atoms with Crippen molar-refractivity contribution in [2.75, 3.05) is 40.4 Å². The Morgan fingerprint density at radius 3 is 2.72 bits per heavy atom. The van der Waals surface area contributed by atoms with E-state index in [1.54, 1.807) is 24.4 Å². The summed E-state index contributed by atoms with van der Waals surface area (Å²) in [7, 11) is 0. The van der Waals surface area contributed by atoms with E-state index in [1.165, 1.54) is 22.9 Å². The summed E-state index contributed by atoms with van der Waals surface area (Å²) in [5, 5.41) is 11.8. The largest absolute Gasteiger partial charge is 0.395 e. The van der Waals surface area contributed by atoms with E-state index in [4.69, 9.17) is 5.11 Å². The molecule has 0 bridgehead atoms. The number of aromatic nitrogens is 1. The molecule has 0 spiro atoms. The molecular formula is C26H32F2N4O3S. The Labute approximate surface area is 213 Å². The molecule has 0 radical (unpaired) electrons. The van der Waals surface area contributed by atoms with Gasteiger partial charge in [-0.05, 0) is 67.9 Å². The van der Waals surface area contributed by atoms with E-state index in [9.17, 15) is 18.4 Å². The lowest BCUT2D eigenvalue weighted by Crippen LogP contribution is -2.34. The number of carbonyl (C=O) groups is 1. The summed E-state index contributed by atoms with van der Waals surface area (Å²) in [4.78, 5) is 28.8. The van der Waals surface area contributed by atoms with E-state index in [1.807, 2.05) is 12.1 Å². The molecule has 1 saturated heterocycles. The molecule has 10 heteroatoms. The molecule has 2 aromatic rings. The number of carbonyl (C=O) groups excluding carboxylic acids is 1. The van der Waals surface area contributed by atoms with Crippen molar-refractivity contribution in [2.24, 2.45) is 11.8 Å². The Bertz CT molecular complexity index is 1160. The van der Waals surface area contributed by atoms with Gasteiger partial charge in [0.1, 0.15) is 5.69 Å². The molecule has 3 fully saturated rings. The quantitative estimate of drug-likeness (QED) is 0.345. The third-order valence-corrected chi connectivity index (χ3v) is 8.33. The van der Waals surface area contributed by atoms with Crippen LogP contribution in [0.5, 0.6) is 0 Å². The maximum absolute atomic E-state index is 13.6. The smallest absolute Gasteiger partial charge is 0.274 e. The first-order chi connectivity index (χ1) is 17.3. The van der Waals surface area contributed by atoms with Crippen LogP contribution in [0.1, 0.15) is 54.9 Å². The summed E-state index contributed by atoms with van der Waals surface area (Å²) in [5.74, 6) is -1.04. The van der Waals surface area contributed by atoms with Gasteiger partial charge in [0.15, 0.2) is 0 Å². The van der Waals surface area contributed by atoms with Crippen molar-refractivity contribution >= 4 is 34.9 Å². The molecule has 2 aliphatic carbocycles. The van der Waals surface area contributed by atoms with Gasteiger partial charge in [-0.3, -0.25) is 9.59 Å². The second-order valence-corrected chi connectivity index (χ2v) is 11.0. The summed E-state index contributed by atoms with van der Waals surface area (Å²) < 4.78 is 31.9. The maximum atomic E-state index is 13.6. The van der Waals surface area contributed by atoms with Crippen molar-refractivity contribution in [3.63, 3.8) is 0 Å². The van der Waals surface area contributed by atoms with Crippen LogP contribution in [-0.2, 0) is 0 Å². The number of alkyl halides is 2. The van der Waals surface area contributed by atoms with Crippen LogP contribution in [0.4, 0.5) is 25.8 Å². The highest BCUT2D eigenvalue weighted by molar-refractivity contribution is 8.00. The highest BCUT2D eigenvalue weighted by Crippen LogP contribution is 2.46. The maximum Gasteiger partial charge on any atom is 0.274 e. The first-order valence-corrected chi connectivity index (χ1v) is 13.6. The zero-order valence-corrected chi connectivity index (χ0v) is 20.9. The summed E-state index contributed by atoms with van der Waals surface area (Å²) in [6, 6.07) is 8.46. The third-order valence-electron chi connectivity index (χ3n) is 7.56. The lowest BCUT2D eigenvalue weighted by Gasteiger charge is -2.31. The van der Waals surface area contributed by atoms with Gasteiger partial charge in [0.05, 0.1) is 17.9 Å². The normalized spacial score (nSPS) is 23.1. The summed E-state index contributed by atoms with van der Waals surface area (Å²) in [6.45, 7) is 1.85. The monoisotopic (exact) mass is 518 g/mol. The van der Waals surface area contributed by atoms with Gasteiger partial charge in [-0.15, -0.1) is 0 Å². The van der Waals surface area contributed by atoms with Crippen LogP contribution in [0.2, 0.25) is 0 Å². The molecule has 1 aromatic heterocycles. The summed E-state index contributed by atoms with van der Waals surface area (Å²) in [5.41, 5.74) is 1.92. The van der Waals surface area contributed by atoms with Crippen LogP contribution in [-0.4, -0.2) is 47.0 Å². The van der Waals surface area contributed by atoms with Gasteiger partial charge in [0, 0.05) is 49.6 Å². The highest BCUT2D eigenvalue weighted by atomic mass is 32.2. The minimum absolute atomic E-state index is 0.0676. The molecule has 3 aliphatic rings. The van der Waals surface area contributed by atoms with Gasteiger partial charge >= 0.3 is 0 Å². The van der Waals surface area contributed by atoms with E-state index in [0.29, 0.717) is 17.2 Å². The Morgan fingerprint density at radius 2 is 1.97 bits per heavy atom. The Balaban J connectivity index is 1.37. The number of piperidine rings is 1. The molecular weight excluding hydrogens is 486 g/mol. The summed E-state index contributed by atoms with van der Waals surface area (Å²) >= 11 is 1.39. The first-order valence-electron chi connectivity index (χ1n) is 12.6. The minimum atomic E-state index is -2.67. The number of amides is 1. The molecule has 2 atom stereocenters. The molecule has 3 N–H and O–H groups in total. The number of anilines is 3. The lowest BCUT2D eigenvalue weighted by molar-refractivity contribution is -0.0442. The predicted octanol–water partition coefficient (Wildman–Crippen LogP) is 4.75. The van der Waals surface area contributed by atoms with E-state index in [0.717, 1.165) is 36.8 Å². The van der Waals surface area contributed by atoms with Crippen molar-refractivity contribution in [1.82, 2.24) is 4.57 Å². The van der Waals surface area contributed by atoms with Crippen LogP contribution in [0, 0.1) is 11.8 Å². The van der Waals surface area contributed by atoms with Gasteiger partial charge in [-0.25, -0.2) is 8.78 Å². The third kappa shape index (κ3) is 5.54. The zero-order valence-electron chi connectivity index (χ0n) is 20.1. The number of nitrogens with zero attached hydrogens (tertiary/aromatic N) is 2. The minimum Gasteiger partial charge on any atom is -0.395 e. The van der Waals surface area contributed by atoms with Gasteiger partial charge in [0.2, 0.25) is 5.92 Å². The number of benzene rings is 1. The average Bonchev–Trinajstić information content (AvgIpc) is 3.65. The van der Waals surface area contributed by atoms with Gasteiger partial charge in [0.25, 0.3) is 11.5 Å². The molecule has 1 aliphatic heterocycles. The fourth-order valence-electron chi connectivity index (χ4n) is 5.42. The second kappa shape index (κ2) is 10.4. The van der Waals surface area contributed by atoms with Gasteiger partial charge in [-0.2, -0.15) is 0 Å². The average molecular weight is 519 g/mol. The predicted molar refractivity (Wildman–Crippen MR) is 139 cm³/mol. The fourth-order valence-corrected chi connectivity index (χ4v) is 5.90. The summed E-state index contributed by atoms with van der Waals surface area (Å²) in [6.07, 6.45) is 3.94. The molecule has 7 nitrogen and oxygen atoms in total. The number of nitrogens with one attached hydrogen (secondary N) is 2. The van der Waals surface area contributed by atoms with E-state index in [2.05, 4.69) is 14.9 Å². The molecule has 1 aromatic carbocycles. The van der Waals surface area contributed by atoms with Crippen LogP contribution in [0.3, 0.4) is 0 Å². The van der Waals surface area contributed by atoms with Crippen molar-refractivity contribution in [2.45, 2.75) is 50.5 Å². The standard InChI is InChI=1S/C26H32F2N4O3S/c27-26(28)8-5-20(6-9-26)32-10-1-2-22(25(32)35)29-24(34)21-4-3-19(30-36-13-12-33)15-23(21)31-11-7-17-14-18(17)16-31/h1-4,10,15,17-18,20,30,33H,5-9,11-14,16H2,(H,29,34). The number of rotatable bonds is 8. The zero-order chi connectivity index (χ0) is 25.3. The molecule has 5 rings (SSSR count). The number of hydrogen-bond acceptors (Lipinski definition) is 6. The molecule has 1 amide bonds. The molecule has 2 heterocycles. The van der Waals surface area contributed by atoms with Crippen molar-refractivity contribution in [1.29, 1.82) is 0 Å². The van der Waals surface area contributed by atoms with Crippen LogP contribution in [0.15, 0.2) is 41.3 Å². The number of pyridine rings is 1.